The minimum absolute atomic E-state index is 0.122. The van der Waals surface area contributed by atoms with Crippen LogP contribution < -0.4 is 21.4 Å². The Morgan fingerprint density at radius 3 is 2.03 bits per heavy atom. The molecular weight excluding hydrogens is 384 g/mol. The van der Waals surface area contributed by atoms with Crippen LogP contribution in [0.1, 0.15) is 37.4 Å². The maximum Gasteiger partial charge on any atom is 0.315 e. The van der Waals surface area contributed by atoms with Crippen molar-refractivity contribution in [2.45, 2.75) is 38.9 Å². The largest absolute Gasteiger partial charge is 0.339 e. The number of urea groups is 1. The van der Waals surface area contributed by atoms with Crippen LogP contribution >= 0.6 is 0 Å². The highest BCUT2D eigenvalue weighted by Crippen LogP contribution is 2.14. The van der Waals surface area contributed by atoms with Crippen LogP contribution in [-0.4, -0.2) is 29.1 Å². The molecule has 0 aliphatic heterocycles. The van der Waals surface area contributed by atoms with E-state index >= 15 is 0 Å². The van der Waals surface area contributed by atoms with E-state index < -0.39 is 29.9 Å². The van der Waals surface area contributed by atoms with Gasteiger partial charge in [-0.3, -0.25) is 14.8 Å². The van der Waals surface area contributed by atoms with Gasteiger partial charge >= 0.3 is 6.03 Å². The number of carbonyl (C=O) groups excluding carboxylic acids is 3. The molecule has 0 aromatic heterocycles. The van der Waals surface area contributed by atoms with E-state index in [1.165, 1.54) is 0 Å². The van der Waals surface area contributed by atoms with Crippen molar-refractivity contribution in [3.05, 3.63) is 71.8 Å². The molecule has 8 heteroatoms. The highest BCUT2D eigenvalue weighted by Gasteiger charge is 2.28. The zero-order valence-corrected chi connectivity index (χ0v) is 17.1. The van der Waals surface area contributed by atoms with Crippen molar-refractivity contribution in [1.82, 2.24) is 21.4 Å². The van der Waals surface area contributed by atoms with Crippen molar-refractivity contribution >= 4 is 17.8 Å². The molecule has 4 amide bonds. The van der Waals surface area contributed by atoms with E-state index in [1.807, 2.05) is 44.2 Å². The molecule has 0 radical (unpaired) electrons. The van der Waals surface area contributed by atoms with Gasteiger partial charge in [0.25, 0.3) is 5.91 Å². The SMILES string of the molecule is CC(C)C[C@H](NC(=O)NCc1ccccc1)C(=O)N[C@@H](C(=O)NO)c1ccccc1. The third kappa shape index (κ3) is 7.21. The van der Waals surface area contributed by atoms with Gasteiger partial charge in [-0.05, 0) is 23.5 Å². The first-order valence-corrected chi connectivity index (χ1v) is 9.78. The predicted octanol–water partition coefficient (Wildman–Crippen LogP) is 2.26. The Kier molecular flexibility index (Phi) is 8.83. The molecule has 2 rings (SSSR count). The summed E-state index contributed by atoms with van der Waals surface area (Å²) in [4.78, 5) is 37.3. The predicted molar refractivity (Wildman–Crippen MR) is 112 cm³/mol. The second kappa shape index (κ2) is 11.6. The third-order valence-corrected chi connectivity index (χ3v) is 4.42. The summed E-state index contributed by atoms with van der Waals surface area (Å²) in [5, 5.41) is 17.1. The third-order valence-electron chi connectivity index (χ3n) is 4.42. The lowest BCUT2D eigenvalue weighted by Gasteiger charge is -2.24. The van der Waals surface area contributed by atoms with E-state index in [1.54, 1.807) is 35.8 Å². The topological polar surface area (TPSA) is 120 Å². The number of amides is 4. The maximum atomic E-state index is 12.9. The fourth-order valence-corrected chi connectivity index (χ4v) is 2.94. The second-order valence-corrected chi connectivity index (χ2v) is 7.32. The summed E-state index contributed by atoms with van der Waals surface area (Å²) in [7, 11) is 0. The summed E-state index contributed by atoms with van der Waals surface area (Å²) in [5.74, 6) is -1.17. The van der Waals surface area contributed by atoms with Crippen LogP contribution in [0.3, 0.4) is 0 Å². The molecular formula is C22H28N4O4. The Labute approximate surface area is 176 Å². The molecule has 2 atom stereocenters. The first-order chi connectivity index (χ1) is 14.4. The van der Waals surface area contributed by atoms with E-state index in [4.69, 9.17) is 5.21 Å². The summed E-state index contributed by atoms with van der Waals surface area (Å²) in [6.45, 7) is 4.18. The molecule has 0 aliphatic rings. The zero-order chi connectivity index (χ0) is 21.9. The fourth-order valence-electron chi connectivity index (χ4n) is 2.94. The number of carbonyl (C=O) groups is 3. The first-order valence-electron chi connectivity index (χ1n) is 9.78. The zero-order valence-electron chi connectivity index (χ0n) is 17.1. The monoisotopic (exact) mass is 412 g/mol. The van der Waals surface area contributed by atoms with Gasteiger partial charge in [0.05, 0.1) is 0 Å². The Bertz CT molecular complexity index is 828. The maximum absolute atomic E-state index is 12.9. The van der Waals surface area contributed by atoms with Crippen LogP contribution in [0, 0.1) is 5.92 Å². The normalized spacial score (nSPS) is 12.5. The van der Waals surface area contributed by atoms with Gasteiger partial charge in [0.1, 0.15) is 12.1 Å². The van der Waals surface area contributed by atoms with Gasteiger partial charge < -0.3 is 16.0 Å². The summed E-state index contributed by atoms with van der Waals surface area (Å²) in [6, 6.07) is 15.5. The lowest BCUT2D eigenvalue weighted by atomic mass is 10.0. The van der Waals surface area contributed by atoms with Gasteiger partial charge in [-0.2, -0.15) is 0 Å². The molecule has 2 aromatic rings. The van der Waals surface area contributed by atoms with Crippen molar-refractivity contribution in [3.63, 3.8) is 0 Å². The molecule has 30 heavy (non-hydrogen) atoms. The van der Waals surface area contributed by atoms with Crippen LogP contribution in [0.15, 0.2) is 60.7 Å². The standard InChI is InChI=1S/C22H28N4O4/c1-15(2)13-18(24-22(29)23-14-16-9-5-3-6-10-16)20(27)25-19(21(28)26-30)17-11-7-4-8-12-17/h3-12,15,18-19,30H,13-14H2,1-2H3,(H,25,27)(H,26,28)(H2,23,24,29)/t18-,19+/m0/s1. The number of hydroxylamine groups is 1. The molecule has 160 valence electrons. The summed E-state index contributed by atoms with van der Waals surface area (Å²) >= 11 is 0. The van der Waals surface area contributed by atoms with Crippen molar-refractivity contribution in [1.29, 1.82) is 0 Å². The number of benzene rings is 2. The van der Waals surface area contributed by atoms with Gasteiger partial charge in [0.2, 0.25) is 5.91 Å². The van der Waals surface area contributed by atoms with Gasteiger partial charge in [0, 0.05) is 6.54 Å². The van der Waals surface area contributed by atoms with Crippen LogP contribution in [-0.2, 0) is 16.1 Å². The highest BCUT2D eigenvalue weighted by atomic mass is 16.5. The molecule has 0 saturated heterocycles. The Hall–Kier alpha value is -3.39. The molecule has 0 bridgehead atoms. The van der Waals surface area contributed by atoms with Gasteiger partial charge in [-0.15, -0.1) is 0 Å². The van der Waals surface area contributed by atoms with Crippen molar-refractivity contribution in [2.24, 2.45) is 5.92 Å². The number of hydrogen-bond acceptors (Lipinski definition) is 4. The van der Waals surface area contributed by atoms with Crippen LogP contribution in [0.2, 0.25) is 0 Å². The summed E-state index contributed by atoms with van der Waals surface area (Å²) in [6.07, 6.45) is 0.382. The van der Waals surface area contributed by atoms with Crippen LogP contribution in [0.4, 0.5) is 4.79 Å². The van der Waals surface area contributed by atoms with Gasteiger partial charge in [-0.1, -0.05) is 74.5 Å². The second-order valence-electron chi connectivity index (χ2n) is 7.32. The minimum atomic E-state index is -1.09. The Balaban J connectivity index is 2.05. The van der Waals surface area contributed by atoms with Crippen LogP contribution in [0.25, 0.3) is 0 Å². The number of nitrogens with one attached hydrogen (secondary N) is 4. The Morgan fingerprint density at radius 2 is 1.47 bits per heavy atom. The van der Waals surface area contributed by atoms with E-state index in [-0.39, 0.29) is 5.92 Å². The van der Waals surface area contributed by atoms with E-state index in [0.29, 0.717) is 18.5 Å². The van der Waals surface area contributed by atoms with Crippen LogP contribution in [0.5, 0.6) is 0 Å². The lowest BCUT2D eigenvalue weighted by molar-refractivity contribution is -0.135. The van der Waals surface area contributed by atoms with Crippen molar-refractivity contribution < 1.29 is 19.6 Å². The first kappa shape index (κ1) is 22.9. The van der Waals surface area contributed by atoms with Crippen molar-refractivity contribution in [2.75, 3.05) is 0 Å². The highest BCUT2D eigenvalue weighted by molar-refractivity contribution is 5.92. The lowest BCUT2D eigenvalue weighted by Crippen LogP contribution is -2.52. The van der Waals surface area contributed by atoms with E-state index in [0.717, 1.165) is 5.56 Å². The molecule has 0 heterocycles. The van der Waals surface area contributed by atoms with Gasteiger partial charge in [-0.25, -0.2) is 10.3 Å². The molecule has 0 unspecified atom stereocenters. The molecule has 5 N–H and O–H groups in total. The molecule has 0 spiro atoms. The molecule has 2 aromatic carbocycles. The Morgan fingerprint density at radius 1 is 0.867 bits per heavy atom. The summed E-state index contributed by atoms with van der Waals surface area (Å²) in [5.41, 5.74) is 3.01. The molecule has 0 aliphatic carbocycles. The van der Waals surface area contributed by atoms with E-state index in [9.17, 15) is 14.4 Å². The molecule has 0 fully saturated rings. The van der Waals surface area contributed by atoms with Crippen molar-refractivity contribution in [3.8, 4) is 0 Å². The number of rotatable bonds is 9. The molecule has 0 saturated carbocycles. The summed E-state index contributed by atoms with van der Waals surface area (Å²) < 4.78 is 0. The average Bonchev–Trinajstić information content (AvgIpc) is 2.76. The quantitative estimate of drug-likeness (QED) is 0.321. The average molecular weight is 412 g/mol. The fraction of sp³-hybridized carbons (Fsp3) is 0.318. The van der Waals surface area contributed by atoms with Gasteiger partial charge in [0.15, 0.2) is 0 Å². The molecule has 8 nitrogen and oxygen atoms in total. The number of hydrogen-bond donors (Lipinski definition) is 5. The smallest absolute Gasteiger partial charge is 0.315 e. The minimum Gasteiger partial charge on any atom is -0.339 e. The van der Waals surface area contributed by atoms with E-state index in [2.05, 4.69) is 16.0 Å².